The molecule has 0 saturated carbocycles. The third-order valence-electron chi connectivity index (χ3n) is 5.53. The van der Waals surface area contributed by atoms with E-state index in [1.165, 1.54) is 9.21 Å². The van der Waals surface area contributed by atoms with Gasteiger partial charge in [0.05, 0.1) is 11.9 Å². The van der Waals surface area contributed by atoms with E-state index in [1.54, 1.807) is 37.3 Å². The summed E-state index contributed by atoms with van der Waals surface area (Å²) in [5.41, 5.74) is 1.61. The van der Waals surface area contributed by atoms with Crippen molar-refractivity contribution in [2.45, 2.75) is 65.6 Å². The SMILES string of the molecule is Cc1ccc(N(CCCC(=O)N(Cc2c(Cl)cccc2Cl)[C@@H](C)C(=O)NC(C)(C)C)S(C)(=O)=O)cc1. The number of amides is 2. The van der Waals surface area contributed by atoms with Crippen LogP contribution in [-0.4, -0.2) is 49.5 Å². The van der Waals surface area contributed by atoms with Crippen molar-refractivity contribution in [3.63, 3.8) is 0 Å². The quantitative estimate of drug-likeness (QED) is 0.437. The summed E-state index contributed by atoms with van der Waals surface area (Å²) in [6.45, 7) is 9.32. The van der Waals surface area contributed by atoms with E-state index in [1.807, 2.05) is 39.8 Å². The van der Waals surface area contributed by atoms with Crippen LogP contribution in [0.5, 0.6) is 0 Å². The maximum atomic E-state index is 13.4. The van der Waals surface area contributed by atoms with Crippen molar-refractivity contribution in [3.8, 4) is 0 Å². The first-order valence-electron chi connectivity index (χ1n) is 11.7. The molecule has 7 nitrogen and oxygen atoms in total. The van der Waals surface area contributed by atoms with Gasteiger partial charge in [0.25, 0.3) is 0 Å². The average Bonchev–Trinajstić information content (AvgIpc) is 2.75. The largest absolute Gasteiger partial charge is 0.350 e. The Morgan fingerprint density at radius 3 is 2.08 bits per heavy atom. The summed E-state index contributed by atoms with van der Waals surface area (Å²) in [5.74, 6) is -0.614. The van der Waals surface area contributed by atoms with Gasteiger partial charge in [-0.3, -0.25) is 13.9 Å². The number of anilines is 1. The molecule has 0 unspecified atom stereocenters. The zero-order valence-electron chi connectivity index (χ0n) is 21.6. The molecule has 1 N–H and O–H groups in total. The van der Waals surface area contributed by atoms with Gasteiger partial charge < -0.3 is 10.2 Å². The van der Waals surface area contributed by atoms with Gasteiger partial charge in [0.15, 0.2) is 0 Å². The number of aryl methyl sites for hydroxylation is 1. The van der Waals surface area contributed by atoms with Crippen molar-refractivity contribution in [2.24, 2.45) is 0 Å². The topological polar surface area (TPSA) is 86.8 Å². The number of rotatable bonds is 10. The Labute approximate surface area is 224 Å². The van der Waals surface area contributed by atoms with Crippen molar-refractivity contribution in [2.75, 3.05) is 17.1 Å². The second-order valence-electron chi connectivity index (χ2n) is 9.91. The number of hydrogen-bond acceptors (Lipinski definition) is 4. The molecule has 198 valence electrons. The maximum Gasteiger partial charge on any atom is 0.242 e. The minimum Gasteiger partial charge on any atom is -0.350 e. The summed E-state index contributed by atoms with van der Waals surface area (Å²) in [4.78, 5) is 27.8. The third kappa shape index (κ3) is 8.68. The Kier molecular flexibility index (Phi) is 10.2. The molecular formula is C26H35Cl2N3O4S. The summed E-state index contributed by atoms with van der Waals surface area (Å²) in [6, 6.07) is 11.4. The van der Waals surface area contributed by atoms with Gasteiger partial charge in [-0.15, -0.1) is 0 Å². The first-order chi connectivity index (χ1) is 16.6. The summed E-state index contributed by atoms with van der Waals surface area (Å²) in [6.07, 6.45) is 1.44. The number of nitrogens with one attached hydrogen (secondary N) is 1. The van der Waals surface area contributed by atoms with Crippen LogP contribution in [0.25, 0.3) is 0 Å². The fourth-order valence-corrected chi connectivity index (χ4v) is 5.11. The van der Waals surface area contributed by atoms with E-state index in [0.29, 0.717) is 21.3 Å². The molecule has 0 spiro atoms. The number of nitrogens with zero attached hydrogens (tertiary/aromatic N) is 2. The van der Waals surface area contributed by atoms with E-state index in [-0.39, 0.29) is 37.7 Å². The highest BCUT2D eigenvalue weighted by Crippen LogP contribution is 2.27. The van der Waals surface area contributed by atoms with Gasteiger partial charge in [0.1, 0.15) is 6.04 Å². The number of benzene rings is 2. The van der Waals surface area contributed by atoms with Crippen LogP contribution >= 0.6 is 23.2 Å². The Bertz CT molecular complexity index is 1160. The van der Waals surface area contributed by atoms with E-state index in [2.05, 4.69) is 5.32 Å². The molecule has 0 heterocycles. The van der Waals surface area contributed by atoms with Crippen LogP contribution < -0.4 is 9.62 Å². The Hall–Kier alpha value is -2.29. The van der Waals surface area contributed by atoms with Gasteiger partial charge >= 0.3 is 0 Å². The molecule has 0 radical (unpaired) electrons. The second kappa shape index (κ2) is 12.3. The van der Waals surface area contributed by atoms with Crippen LogP contribution in [0.4, 0.5) is 5.69 Å². The molecule has 0 aliphatic heterocycles. The van der Waals surface area contributed by atoms with Crippen molar-refractivity contribution >= 4 is 50.7 Å². The lowest BCUT2D eigenvalue weighted by Gasteiger charge is -2.32. The highest BCUT2D eigenvalue weighted by atomic mass is 35.5. The number of sulfonamides is 1. The van der Waals surface area contributed by atoms with Crippen LogP contribution in [0.2, 0.25) is 10.0 Å². The van der Waals surface area contributed by atoms with E-state index < -0.39 is 21.6 Å². The smallest absolute Gasteiger partial charge is 0.242 e. The van der Waals surface area contributed by atoms with E-state index in [9.17, 15) is 18.0 Å². The molecule has 2 amide bonds. The summed E-state index contributed by atoms with van der Waals surface area (Å²) < 4.78 is 26.1. The van der Waals surface area contributed by atoms with Gasteiger partial charge in [-0.25, -0.2) is 8.42 Å². The molecule has 0 saturated heterocycles. The number of carbonyl (C=O) groups excluding carboxylic acids is 2. The summed E-state index contributed by atoms with van der Waals surface area (Å²) in [5, 5.41) is 3.69. The number of hydrogen-bond donors (Lipinski definition) is 1. The molecule has 2 rings (SSSR count). The number of halogens is 2. The lowest BCUT2D eigenvalue weighted by Crippen LogP contribution is -2.52. The molecule has 36 heavy (non-hydrogen) atoms. The predicted molar refractivity (Wildman–Crippen MR) is 147 cm³/mol. The van der Waals surface area contributed by atoms with Crippen molar-refractivity contribution in [1.82, 2.24) is 10.2 Å². The molecule has 2 aromatic rings. The van der Waals surface area contributed by atoms with Crippen molar-refractivity contribution in [3.05, 3.63) is 63.6 Å². The van der Waals surface area contributed by atoms with Crippen LogP contribution in [0.15, 0.2) is 42.5 Å². The molecule has 1 atom stereocenters. The van der Waals surface area contributed by atoms with Crippen LogP contribution in [0.1, 0.15) is 51.7 Å². The normalized spacial score (nSPS) is 12.7. The van der Waals surface area contributed by atoms with Gasteiger partial charge in [-0.2, -0.15) is 0 Å². The van der Waals surface area contributed by atoms with Gasteiger partial charge in [-0.1, -0.05) is 47.0 Å². The lowest BCUT2D eigenvalue weighted by molar-refractivity contribution is -0.141. The van der Waals surface area contributed by atoms with E-state index >= 15 is 0 Å². The summed E-state index contributed by atoms with van der Waals surface area (Å²) >= 11 is 12.7. The highest BCUT2D eigenvalue weighted by molar-refractivity contribution is 7.92. The van der Waals surface area contributed by atoms with Crippen LogP contribution in [-0.2, 0) is 26.2 Å². The van der Waals surface area contributed by atoms with Crippen LogP contribution in [0, 0.1) is 6.92 Å². The molecular weight excluding hydrogens is 521 g/mol. The fourth-order valence-electron chi connectivity index (χ4n) is 3.63. The lowest BCUT2D eigenvalue weighted by atomic mass is 10.1. The minimum atomic E-state index is -3.55. The van der Waals surface area contributed by atoms with Crippen molar-refractivity contribution < 1.29 is 18.0 Å². The highest BCUT2D eigenvalue weighted by Gasteiger charge is 2.29. The first-order valence-corrected chi connectivity index (χ1v) is 14.3. The van der Waals surface area contributed by atoms with Crippen molar-refractivity contribution in [1.29, 1.82) is 0 Å². The zero-order valence-corrected chi connectivity index (χ0v) is 24.0. The monoisotopic (exact) mass is 555 g/mol. The Morgan fingerprint density at radius 2 is 1.58 bits per heavy atom. The summed E-state index contributed by atoms with van der Waals surface area (Å²) in [7, 11) is -3.55. The maximum absolute atomic E-state index is 13.4. The minimum absolute atomic E-state index is 0.0348. The Morgan fingerprint density at radius 1 is 1.03 bits per heavy atom. The van der Waals surface area contributed by atoms with E-state index in [4.69, 9.17) is 23.2 Å². The first kappa shape index (κ1) is 29.9. The molecule has 0 fully saturated rings. The number of carbonyl (C=O) groups is 2. The third-order valence-corrected chi connectivity index (χ3v) is 7.43. The zero-order chi connectivity index (χ0) is 27.3. The van der Waals surface area contributed by atoms with Gasteiger partial charge in [-0.05, 0) is 65.3 Å². The standard InChI is InChI=1S/C26H35Cl2N3O4S/c1-18-12-14-20(15-13-18)31(36(6,34)35)16-8-11-24(32)30(19(2)25(33)29-26(3,4)5)17-21-22(27)9-7-10-23(21)28/h7,9-10,12-15,19H,8,11,16-17H2,1-6H3,(H,29,33)/t19-/m0/s1. The Balaban J connectivity index is 2.24. The van der Waals surface area contributed by atoms with Crippen LogP contribution in [0.3, 0.4) is 0 Å². The molecule has 2 aromatic carbocycles. The molecule has 0 aliphatic carbocycles. The molecule has 0 bridgehead atoms. The van der Waals surface area contributed by atoms with Gasteiger partial charge in [0, 0.05) is 40.7 Å². The second-order valence-corrected chi connectivity index (χ2v) is 12.6. The van der Waals surface area contributed by atoms with E-state index in [0.717, 1.165) is 11.8 Å². The molecule has 0 aromatic heterocycles. The van der Waals surface area contributed by atoms with Gasteiger partial charge in [0.2, 0.25) is 21.8 Å². The molecule has 10 heteroatoms. The molecule has 0 aliphatic rings. The average molecular weight is 557 g/mol. The fraction of sp³-hybridized carbons (Fsp3) is 0.462. The predicted octanol–water partition coefficient (Wildman–Crippen LogP) is 5.18.